The van der Waals surface area contributed by atoms with Crippen molar-refractivity contribution in [2.75, 3.05) is 0 Å². The molecule has 142 valence electrons. The second-order valence-corrected chi connectivity index (χ2v) is 8.45. The average Bonchev–Trinajstić information content (AvgIpc) is 2.72. The summed E-state index contributed by atoms with van der Waals surface area (Å²) in [6, 6.07) is 31.1. The predicted molar refractivity (Wildman–Crippen MR) is 114 cm³/mol. The molecule has 1 aliphatic rings. The van der Waals surface area contributed by atoms with Gasteiger partial charge in [0.25, 0.3) is 0 Å². The zero-order valence-electron chi connectivity index (χ0n) is 15.7. The fourth-order valence-electron chi connectivity index (χ4n) is 3.86. The highest BCUT2D eigenvalue weighted by Crippen LogP contribution is 2.52. The molecule has 3 aromatic carbocycles. The molecule has 0 aliphatic carbocycles. The number of rotatable bonds is 6. The first-order valence-electron chi connectivity index (χ1n) is 9.46. The van der Waals surface area contributed by atoms with Gasteiger partial charge >= 0.3 is 0 Å². The Bertz CT molecular complexity index is 832. The fourth-order valence-corrected chi connectivity index (χ4v) is 5.73. The van der Waals surface area contributed by atoms with Crippen molar-refractivity contribution >= 4 is 17.7 Å². The number of benzene rings is 3. The molecule has 0 aromatic heterocycles. The number of nitrogens with one attached hydrogen (secondary N) is 1. The Labute approximate surface area is 169 Å². The van der Waals surface area contributed by atoms with E-state index in [9.17, 15) is 9.90 Å². The van der Waals surface area contributed by atoms with Crippen LogP contribution >= 0.6 is 11.8 Å². The summed E-state index contributed by atoms with van der Waals surface area (Å²) in [5.41, 5.74) is 3.42. The molecule has 0 spiro atoms. The molecule has 0 bridgehead atoms. The third-order valence-corrected chi connectivity index (χ3v) is 7.00. The van der Waals surface area contributed by atoms with Crippen LogP contribution in [0.4, 0.5) is 0 Å². The lowest BCUT2D eigenvalue weighted by molar-refractivity contribution is -0.136. The van der Waals surface area contributed by atoms with E-state index in [2.05, 4.69) is 41.7 Å². The minimum absolute atomic E-state index is 0.0874. The van der Waals surface area contributed by atoms with Gasteiger partial charge in [0, 0.05) is 0 Å². The number of thioether (sulfide) groups is 1. The van der Waals surface area contributed by atoms with Gasteiger partial charge in [0.2, 0.25) is 5.91 Å². The molecule has 1 aliphatic heterocycles. The first kappa shape index (κ1) is 18.8. The van der Waals surface area contributed by atoms with Crippen molar-refractivity contribution in [2.24, 2.45) is 5.92 Å². The van der Waals surface area contributed by atoms with E-state index in [0.717, 1.165) is 16.7 Å². The highest BCUT2D eigenvalue weighted by Gasteiger charge is 2.49. The van der Waals surface area contributed by atoms with Crippen LogP contribution in [0.2, 0.25) is 0 Å². The highest BCUT2D eigenvalue weighted by atomic mass is 32.2. The van der Waals surface area contributed by atoms with Crippen LogP contribution in [0, 0.1) is 5.92 Å². The Kier molecular flexibility index (Phi) is 5.25. The summed E-state index contributed by atoms with van der Waals surface area (Å²) in [5, 5.41) is 13.0. The minimum atomic E-state index is -0.689. The van der Waals surface area contributed by atoms with Crippen LogP contribution in [0.15, 0.2) is 91.0 Å². The first-order valence-corrected chi connectivity index (χ1v) is 10.3. The van der Waals surface area contributed by atoms with Crippen LogP contribution in [0.25, 0.3) is 0 Å². The van der Waals surface area contributed by atoms with Gasteiger partial charge in [0.05, 0.1) is 22.1 Å². The summed E-state index contributed by atoms with van der Waals surface area (Å²) in [4.78, 5) is 12.1. The summed E-state index contributed by atoms with van der Waals surface area (Å²) < 4.78 is -0.505. The van der Waals surface area contributed by atoms with Crippen LogP contribution in [0.5, 0.6) is 0 Å². The van der Waals surface area contributed by atoms with Crippen LogP contribution in [0.1, 0.15) is 23.6 Å². The summed E-state index contributed by atoms with van der Waals surface area (Å²) in [5.74, 6) is -0.504. The number of aliphatic hydroxyl groups is 1. The number of carbonyl (C=O) groups is 1. The topological polar surface area (TPSA) is 49.3 Å². The highest BCUT2D eigenvalue weighted by molar-refractivity contribution is 8.01. The molecule has 3 atom stereocenters. The van der Waals surface area contributed by atoms with E-state index in [1.165, 1.54) is 0 Å². The molecule has 2 N–H and O–H groups in total. The normalized spacial score (nSPS) is 20.1. The van der Waals surface area contributed by atoms with Gasteiger partial charge in [-0.15, -0.1) is 11.8 Å². The maximum absolute atomic E-state index is 12.1. The van der Waals surface area contributed by atoms with E-state index < -0.39 is 16.8 Å². The lowest BCUT2D eigenvalue weighted by Gasteiger charge is -2.45. The number of carbonyl (C=O) groups excluding carboxylic acids is 1. The molecular formula is C24H23NO2S. The SMILES string of the molecule is CC(O)[C@H]1C(=O)N[C@@H]1SC(c1ccccc1)(c1ccccc1)c1ccccc1. The first-order chi connectivity index (χ1) is 13.6. The fraction of sp³-hybridized carbons (Fsp3) is 0.208. The molecule has 28 heavy (non-hydrogen) atoms. The number of aliphatic hydroxyl groups excluding tert-OH is 1. The van der Waals surface area contributed by atoms with Gasteiger partial charge in [-0.05, 0) is 23.6 Å². The van der Waals surface area contributed by atoms with Gasteiger partial charge < -0.3 is 10.4 Å². The maximum atomic E-state index is 12.1. The molecule has 1 unspecified atom stereocenters. The molecule has 1 fully saturated rings. The van der Waals surface area contributed by atoms with E-state index >= 15 is 0 Å². The van der Waals surface area contributed by atoms with Crippen molar-refractivity contribution in [2.45, 2.75) is 23.1 Å². The molecule has 4 heteroatoms. The molecule has 3 nitrogen and oxygen atoms in total. The van der Waals surface area contributed by atoms with E-state index in [0.29, 0.717) is 0 Å². The zero-order chi connectivity index (χ0) is 19.6. The Hall–Kier alpha value is -2.56. The molecule has 1 heterocycles. The zero-order valence-corrected chi connectivity index (χ0v) is 16.5. The lowest BCUT2D eigenvalue weighted by atomic mass is 9.84. The Morgan fingerprint density at radius 3 is 1.54 bits per heavy atom. The number of β-lactam (4-membered cyclic amide) rings is 1. The van der Waals surface area contributed by atoms with Crippen molar-refractivity contribution < 1.29 is 9.90 Å². The number of amides is 1. The summed E-state index contributed by atoms with van der Waals surface area (Å²) in [6.07, 6.45) is -0.689. The quantitative estimate of drug-likeness (QED) is 0.492. The van der Waals surface area contributed by atoms with Gasteiger partial charge in [-0.2, -0.15) is 0 Å². The van der Waals surface area contributed by atoms with Crippen molar-refractivity contribution in [1.29, 1.82) is 0 Å². The van der Waals surface area contributed by atoms with E-state index in [1.807, 2.05) is 54.6 Å². The molecule has 0 saturated carbocycles. The Morgan fingerprint density at radius 1 is 0.821 bits per heavy atom. The summed E-state index contributed by atoms with van der Waals surface area (Å²) in [6.45, 7) is 1.69. The third-order valence-electron chi connectivity index (χ3n) is 5.28. The van der Waals surface area contributed by atoms with Crippen LogP contribution in [-0.2, 0) is 9.54 Å². The summed E-state index contributed by atoms with van der Waals surface area (Å²) in [7, 11) is 0. The monoisotopic (exact) mass is 389 g/mol. The van der Waals surface area contributed by atoms with Crippen LogP contribution in [-0.4, -0.2) is 22.5 Å². The van der Waals surface area contributed by atoms with E-state index in [-0.39, 0.29) is 11.3 Å². The number of hydrogen-bond acceptors (Lipinski definition) is 3. The average molecular weight is 390 g/mol. The lowest BCUT2D eigenvalue weighted by Crippen LogP contribution is -2.61. The number of hydrogen-bond donors (Lipinski definition) is 2. The Balaban J connectivity index is 1.90. The smallest absolute Gasteiger partial charge is 0.229 e. The van der Waals surface area contributed by atoms with Crippen molar-refractivity contribution in [3.05, 3.63) is 108 Å². The van der Waals surface area contributed by atoms with Gasteiger partial charge in [-0.1, -0.05) is 91.0 Å². The molecule has 1 amide bonds. The van der Waals surface area contributed by atoms with Crippen LogP contribution in [0.3, 0.4) is 0 Å². The molecule has 0 radical (unpaired) electrons. The molecule has 3 aromatic rings. The minimum Gasteiger partial charge on any atom is -0.392 e. The molecule has 4 rings (SSSR count). The van der Waals surface area contributed by atoms with E-state index in [4.69, 9.17) is 0 Å². The van der Waals surface area contributed by atoms with Crippen molar-refractivity contribution in [3.8, 4) is 0 Å². The molecule has 1 saturated heterocycles. The second kappa shape index (κ2) is 7.82. The Morgan fingerprint density at radius 2 is 1.21 bits per heavy atom. The largest absolute Gasteiger partial charge is 0.392 e. The molecular weight excluding hydrogens is 366 g/mol. The standard InChI is InChI=1S/C24H23NO2S/c1-17(26)21-22(27)25-23(21)28-24(18-11-5-2-6-12-18,19-13-7-3-8-14-19)20-15-9-4-10-16-20/h2-17,21,23,26H,1H3,(H,25,27)/t17?,21-,23+/m0/s1. The predicted octanol–water partition coefficient (Wildman–Crippen LogP) is 4.16. The maximum Gasteiger partial charge on any atom is 0.229 e. The van der Waals surface area contributed by atoms with Crippen molar-refractivity contribution in [3.63, 3.8) is 0 Å². The summed E-state index contributed by atoms with van der Waals surface area (Å²) >= 11 is 1.69. The third kappa shape index (κ3) is 3.23. The van der Waals surface area contributed by atoms with Crippen LogP contribution < -0.4 is 5.32 Å². The second-order valence-electron chi connectivity index (χ2n) is 7.09. The van der Waals surface area contributed by atoms with Crippen molar-refractivity contribution in [1.82, 2.24) is 5.32 Å². The van der Waals surface area contributed by atoms with Gasteiger partial charge in [0.1, 0.15) is 0 Å². The van der Waals surface area contributed by atoms with Gasteiger partial charge in [-0.25, -0.2) is 0 Å². The van der Waals surface area contributed by atoms with Gasteiger partial charge in [0.15, 0.2) is 0 Å². The van der Waals surface area contributed by atoms with E-state index in [1.54, 1.807) is 18.7 Å². The van der Waals surface area contributed by atoms with Gasteiger partial charge in [-0.3, -0.25) is 4.79 Å².